The van der Waals surface area contributed by atoms with Crippen LogP contribution in [-0.4, -0.2) is 31.2 Å². The summed E-state index contributed by atoms with van der Waals surface area (Å²) in [6.07, 6.45) is 8.87. The molecular formula is C17H19N5. The number of hydrazone groups is 1. The third-order valence-electron chi connectivity index (χ3n) is 4.14. The van der Waals surface area contributed by atoms with E-state index >= 15 is 0 Å². The molecule has 0 saturated heterocycles. The quantitative estimate of drug-likeness (QED) is 0.742. The van der Waals surface area contributed by atoms with Gasteiger partial charge in [0, 0.05) is 42.8 Å². The summed E-state index contributed by atoms with van der Waals surface area (Å²) in [5.41, 5.74) is 4.94. The smallest absolute Gasteiger partial charge is 0.0945 e. The van der Waals surface area contributed by atoms with E-state index in [4.69, 9.17) is 5.10 Å². The fourth-order valence-electron chi connectivity index (χ4n) is 3.18. The van der Waals surface area contributed by atoms with Gasteiger partial charge in [0.15, 0.2) is 0 Å². The minimum atomic E-state index is 0.887. The summed E-state index contributed by atoms with van der Waals surface area (Å²) in [7, 11) is 0. The summed E-state index contributed by atoms with van der Waals surface area (Å²) >= 11 is 0. The average Bonchev–Trinajstić information content (AvgIpc) is 3.14. The zero-order valence-electron chi connectivity index (χ0n) is 12.7. The molecule has 4 rings (SSSR count). The van der Waals surface area contributed by atoms with Crippen molar-refractivity contribution in [2.24, 2.45) is 5.10 Å². The highest BCUT2D eigenvalue weighted by atomic mass is 15.5. The molecule has 0 unspecified atom stereocenters. The largest absolute Gasteiger partial charge is 0.337 e. The van der Waals surface area contributed by atoms with Gasteiger partial charge in [0.2, 0.25) is 0 Å². The Morgan fingerprint density at radius 1 is 1.18 bits per heavy atom. The Hall–Kier alpha value is -2.56. The topological polar surface area (TPSA) is 37.8 Å². The highest BCUT2D eigenvalue weighted by Gasteiger charge is 2.20. The maximum absolute atomic E-state index is 4.77. The van der Waals surface area contributed by atoms with Crippen LogP contribution >= 0.6 is 0 Å². The molecule has 4 heterocycles. The highest BCUT2D eigenvalue weighted by molar-refractivity contribution is 6.00. The van der Waals surface area contributed by atoms with Crippen molar-refractivity contribution in [3.8, 4) is 0 Å². The summed E-state index contributed by atoms with van der Waals surface area (Å²) in [6, 6.07) is 8.57. The molecule has 5 nitrogen and oxygen atoms in total. The monoisotopic (exact) mass is 293 g/mol. The predicted octanol–water partition coefficient (Wildman–Crippen LogP) is 2.77. The molecule has 0 saturated carbocycles. The number of imidazole rings is 1. The Morgan fingerprint density at radius 3 is 3.00 bits per heavy atom. The van der Waals surface area contributed by atoms with E-state index in [0.29, 0.717) is 0 Å². The number of aromatic nitrogens is 3. The van der Waals surface area contributed by atoms with E-state index in [0.717, 1.165) is 31.8 Å². The zero-order chi connectivity index (χ0) is 14.9. The van der Waals surface area contributed by atoms with Crippen LogP contribution in [0.3, 0.4) is 0 Å². The van der Waals surface area contributed by atoms with Crippen LogP contribution in [0, 0.1) is 0 Å². The van der Waals surface area contributed by atoms with Crippen LogP contribution in [0.5, 0.6) is 0 Å². The van der Waals surface area contributed by atoms with E-state index in [1.165, 1.54) is 16.8 Å². The summed E-state index contributed by atoms with van der Waals surface area (Å²) in [6.45, 7) is 4.93. The second-order valence-electron chi connectivity index (χ2n) is 5.74. The second-order valence-corrected chi connectivity index (χ2v) is 5.74. The van der Waals surface area contributed by atoms with E-state index in [-0.39, 0.29) is 0 Å². The SMILES string of the molecule is CC1=NN(CCCn2ccnc2)Cc2cc3ccccn3c21. The van der Waals surface area contributed by atoms with Gasteiger partial charge in [0.25, 0.3) is 0 Å². The van der Waals surface area contributed by atoms with E-state index in [9.17, 15) is 0 Å². The number of nitrogens with zero attached hydrogens (tertiary/aromatic N) is 5. The fourth-order valence-corrected chi connectivity index (χ4v) is 3.18. The Kier molecular flexibility index (Phi) is 3.18. The van der Waals surface area contributed by atoms with Gasteiger partial charge in [-0.25, -0.2) is 4.98 Å². The zero-order valence-corrected chi connectivity index (χ0v) is 12.7. The van der Waals surface area contributed by atoms with Crippen molar-refractivity contribution >= 4 is 11.2 Å². The summed E-state index contributed by atoms with van der Waals surface area (Å²) < 4.78 is 4.34. The lowest BCUT2D eigenvalue weighted by Crippen LogP contribution is -2.26. The number of hydrogen-bond donors (Lipinski definition) is 0. The molecular weight excluding hydrogens is 274 g/mol. The molecule has 112 valence electrons. The van der Waals surface area contributed by atoms with Crippen LogP contribution in [0.2, 0.25) is 0 Å². The van der Waals surface area contributed by atoms with Crippen LogP contribution in [0.1, 0.15) is 24.6 Å². The molecule has 5 heteroatoms. The van der Waals surface area contributed by atoms with Crippen molar-refractivity contribution in [3.63, 3.8) is 0 Å². The minimum absolute atomic E-state index is 0.887. The Morgan fingerprint density at radius 2 is 2.14 bits per heavy atom. The van der Waals surface area contributed by atoms with E-state index < -0.39 is 0 Å². The number of hydrogen-bond acceptors (Lipinski definition) is 3. The van der Waals surface area contributed by atoms with Gasteiger partial charge in [-0.05, 0) is 31.5 Å². The lowest BCUT2D eigenvalue weighted by molar-refractivity contribution is 0.265. The van der Waals surface area contributed by atoms with Crippen molar-refractivity contribution in [3.05, 3.63) is 60.4 Å². The first-order chi connectivity index (χ1) is 10.8. The summed E-state index contributed by atoms with van der Waals surface area (Å²) in [5.74, 6) is 0. The first-order valence-electron chi connectivity index (χ1n) is 7.66. The Balaban J connectivity index is 1.50. The Labute approximate surface area is 129 Å². The molecule has 0 radical (unpaired) electrons. The molecule has 1 aliphatic rings. The van der Waals surface area contributed by atoms with Crippen LogP contribution in [0.25, 0.3) is 5.52 Å². The normalized spacial score (nSPS) is 14.2. The lowest BCUT2D eigenvalue weighted by Gasteiger charge is -2.25. The maximum Gasteiger partial charge on any atom is 0.0945 e. The number of aryl methyl sites for hydroxylation is 1. The van der Waals surface area contributed by atoms with Gasteiger partial charge in [-0.1, -0.05) is 6.07 Å². The van der Waals surface area contributed by atoms with Crippen molar-refractivity contribution in [1.82, 2.24) is 19.0 Å². The molecule has 3 aromatic heterocycles. The third kappa shape index (κ3) is 2.28. The third-order valence-corrected chi connectivity index (χ3v) is 4.14. The second kappa shape index (κ2) is 5.33. The molecule has 0 aliphatic carbocycles. The van der Waals surface area contributed by atoms with Crippen molar-refractivity contribution in [1.29, 1.82) is 0 Å². The van der Waals surface area contributed by atoms with Crippen LogP contribution < -0.4 is 0 Å². The fraction of sp³-hybridized carbons (Fsp3) is 0.294. The Bertz CT molecular complexity index is 813. The molecule has 0 spiro atoms. The van der Waals surface area contributed by atoms with Crippen molar-refractivity contribution in [2.75, 3.05) is 6.54 Å². The standard InChI is InChI=1S/C17H19N5/c1-14-17-15(11-16-5-2-3-9-22(16)17)12-21(19-14)8-4-7-20-10-6-18-13-20/h2-3,5-6,9-11,13H,4,7-8,12H2,1H3. The molecule has 0 amide bonds. The van der Waals surface area contributed by atoms with Crippen LogP contribution in [0.4, 0.5) is 0 Å². The van der Waals surface area contributed by atoms with Crippen molar-refractivity contribution in [2.45, 2.75) is 26.4 Å². The van der Waals surface area contributed by atoms with Gasteiger partial charge in [0.05, 0.1) is 24.3 Å². The molecule has 0 bridgehead atoms. The van der Waals surface area contributed by atoms with Gasteiger partial charge in [-0.15, -0.1) is 0 Å². The van der Waals surface area contributed by atoms with Gasteiger partial charge >= 0.3 is 0 Å². The first-order valence-corrected chi connectivity index (χ1v) is 7.66. The number of rotatable bonds is 4. The average molecular weight is 293 g/mol. The maximum atomic E-state index is 4.77. The van der Waals surface area contributed by atoms with Gasteiger partial charge in [-0.3, -0.25) is 5.01 Å². The number of fused-ring (bicyclic) bond motifs is 3. The van der Waals surface area contributed by atoms with Crippen LogP contribution in [-0.2, 0) is 13.1 Å². The van der Waals surface area contributed by atoms with Gasteiger partial charge in [0.1, 0.15) is 0 Å². The summed E-state index contributed by atoms with van der Waals surface area (Å²) in [5, 5.41) is 6.94. The number of pyridine rings is 1. The van der Waals surface area contributed by atoms with Gasteiger partial charge in [-0.2, -0.15) is 5.10 Å². The first kappa shape index (κ1) is 13.1. The van der Waals surface area contributed by atoms with Crippen molar-refractivity contribution < 1.29 is 0 Å². The molecule has 0 N–H and O–H groups in total. The molecule has 1 aliphatic heterocycles. The molecule has 22 heavy (non-hydrogen) atoms. The molecule has 0 aromatic carbocycles. The molecule has 0 fully saturated rings. The van der Waals surface area contributed by atoms with E-state index in [1.807, 2.05) is 18.7 Å². The molecule has 3 aromatic rings. The van der Waals surface area contributed by atoms with E-state index in [1.54, 1.807) is 0 Å². The predicted molar refractivity (Wildman–Crippen MR) is 86.9 cm³/mol. The van der Waals surface area contributed by atoms with Crippen LogP contribution in [0.15, 0.2) is 54.3 Å². The molecule has 0 atom stereocenters. The minimum Gasteiger partial charge on any atom is -0.337 e. The highest BCUT2D eigenvalue weighted by Crippen LogP contribution is 2.23. The lowest BCUT2D eigenvalue weighted by atomic mass is 10.1. The summed E-state index contributed by atoms with van der Waals surface area (Å²) in [4.78, 5) is 4.07. The van der Waals surface area contributed by atoms with E-state index in [2.05, 4.69) is 56.3 Å². The van der Waals surface area contributed by atoms with Gasteiger partial charge < -0.3 is 8.97 Å².